The first kappa shape index (κ1) is 13.7. The summed E-state index contributed by atoms with van der Waals surface area (Å²) in [5.74, 6) is 1.54. The number of hydrogen-bond acceptors (Lipinski definition) is 4. The van der Waals surface area contributed by atoms with Crippen molar-refractivity contribution < 1.29 is 9.47 Å². The van der Waals surface area contributed by atoms with Gasteiger partial charge in [-0.15, -0.1) is 0 Å². The van der Waals surface area contributed by atoms with Crippen LogP contribution in [0.3, 0.4) is 0 Å². The van der Waals surface area contributed by atoms with Crippen LogP contribution in [0.15, 0.2) is 12.1 Å². The molecule has 102 valence electrons. The fourth-order valence-electron chi connectivity index (χ4n) is 2.60. The molecule has 0 aromatic heterocycles. The second kappa shape index (κ2) is 5.94. The van der Waals surface area contributed by atoms with Gasteiger partial charge < -0.3 is 9.47 Å². The van der Waals surface area contributed by atoms with Crippen LogP contribution in [0.2, 0.25) is 0 Å². The van der Waals surface area contributed by atoms with E-state index in [0.717, 1.165) is 37.4 Å². The Balaban J connectivity index is 2.28. The van der Waals surface area contributed by atoms with E-state index in [-0.39, 0.29) is 6.04 Å². The number of fused-ring (bicyclic) bond motifs is 1. The van der Waals surface area contributed by atoms with Crippen LogP contribution < -0.4 is 9.47 Å². The summed E-state index contributed by atoms with van der Waals surface area (Å²) >= 11 is 0. The van der Waals surface area contributed by atoms with Gasteiger partial charge in [0.25, 0.3) is 0 Å². The van der Waals surface area contributed by atoms with Crippen molar-refractivity contribution in [1.82, 2.24) is 4.90 Å². The first-order valence-corrected chi connectivity index (χ1v) is 6.60. The molecule has 19 heavy (non-hydrogen) atoms. The molecule has 1 atom stereocenters. The molecule has 1 aliphatic rings. The Morgan fingerprint density at radius 1 is 1.26 bits per heavy atom. The minimum absolute atomic E-state index is 0.00115. The van der Waals surface area contributed by atoms with Crippen molar-refractivity contribution in [2.75, 3.05) is 20.8 Å². The van der Waals surface area contributed by atoms with E-state index in [1.165, 1.54) is 11.1 Å². The van der Waals surface area contributed by atoms with E-state index in [2.05, 4.69) is 24.0 Å². The quantitative estimate of drug-likeness (QED) is 0.833. The van der Waals surface area contributed by atoms with Crippen molar-refractivity contribution in [2.24, 2.45) is 0 Å². The largest absolute Gasteiger partial charge is 0.493 e. The fourth-order valence-corrected chi connectivity index (χ4v) is 2.60. The maximum Gasteiger partial charge on any atom is 0.161 e. The molecule has 0 amide bonds. The Hall–Kier alpha value is -1.73. The van der Waals surface area contributed by atoms with Crippen molar-refractivity contribution in [3.63, 3.8) is 0 Å². The molecule has 1 aliphatic heterocycles. The summed E-state index contributed by atoms with van der Waals surface area (Å²) in [6.45, 7) is 3.79. The number of rotatable bonds is 4. The number of nitriles is 1. The third-order valence-electron chi connectivity index (χ3n) is 3.72. The fraction of sp³-hybridized carbons (Fsp3) is 0.533. The van der Waals surface area contributed by atoms with Crippen LogP contribution in [0.25, 0.3) is 0 Å². The van der Waals surface area contributed by atoms with E-state index in [4.69, 9.17) is 9.47 Å². The summed E-state index contributed by atoms with van der Waals surface area (Å²) in [5, 5.41) is 9.17. The molecule has 0 bridgehead atoms. The molecule has 0 N–H and O–H groups in total. The van der Waals surface area contributed by atoms with E-state index in [1.54, 1.807) is 14.2 Å². The number of hydrogen-bond donors (Lipinski definition) is 0. The summed E-state index contributed by atoms with van der Waals surface area (Å²) < 4.78 is 10.7. The summed E-state index contributed by atoms with van der Waals surface area (Å²) in [4.78, 5) is 2.23. The number of methoxy groups -OCH3 is 2. The van der Waals surface area contributed by atoms with Gasteiger partial charge in [-0.25, -0.2) is 0 Å². The topological polar surface area (TPSA) is 45.5 Å². The van der Waals surface area contributed by atoms with Gasteiger partial charge in [-0.05, 0) is 36.1 Å². The zero-order chi connectivity index (χ0) is 13.8. The summed E-state index contributed by atoms with van der Waals surface area (Å²) in [5.41, 5.74) is 2.53. The van der Waals surface area contributed by atoms with Crippen molar-refractivity contribution in [2.45, 2.75) is 32.4 Å². The zero-order valence-electron chi connectivity index (χ0n) is 11.8. The molecular formula is C15H20N2O2. The van der Waals surface area contributed by atoms with Crippen LogP contribution in [0.4, 0.5) is 0 Å². The van der Waals surface area contributed by atoms with Gasteiger partial charge in [-0.1, -0.05) is 6.92 Å². The third kappa shape index (κ3) is 2.66. The molecule has 0 aliphatic carbocycles. The first-order chi connectivity index (χ1) is 9.23. The van der Waals surface area contributed by atoms with Crippen molar-refractivity contribution in [1.29, 1.82) is 5.26 Å². The van der Waals surface area contributed by atoms with Gasteiger partial charge in [-0.3, -0.25) is 4.90 Å². The lowest BCUT2D eigenvalue weighted by Gasteiger charge is -2.32. The van der Waals surface area contributed by atoms with Gasteiger partial charge in [0.15, 0.2) is 11.5 Å². The highest BCUT2D eigenvalue weighted by Crippen LogP contribution is 2.33. The van der Waals surface area contributed by atoms with Crippen LogP contribution in [-0.2, 0) is 13.0 Å². The molecule has 1 aromatic rings. The standard InChI is InChI=1S/C15H20N2O2/c1-4-13(9-16)17-6-5-11-7-14(18-2)15(19-3)8-12(11)10-17/h7-8,13H,4-6,10H2,1-3H3. The highest BCUT2D eigenvalue weighted by molar-refractivity contribution is 5.48. The van der Waals surface area contributed by atoms with Gasteiger partial charge in [0, 0.05) is 13.1 Å². The molecule has 2 rings (SSSR count). The van der Waals surface area contributed by atoms with E-state index in [0.29, 0.717) is 0 Å². The average molecular weight is 260 g/mol. The summed E-state index contributed by atoms with van der Waals surface area (Å²) in [6.07, 6.45) is 1.81. The molecule has 0 saturated carbocycles. The maximum atomic E-state index is 9.17. The smallest absolute Gasteiger partial charge is 0.161 e. The van der Waals surface area contributed by atoms with Gasteiger partial charge in [0.2, 0.25) is 0 Å². The number of benzene rings is 1. The molecule has 0 saturated heterocycles. The summed E-state index contributed by atoms with van der Waals surface area (Å²) in [7, 11) is 3.30. The van der Waals surface area contributed by atoms with E-state index in [9.17, 15) is 5.26 Å². The molecule has 4 nitrogen and oxygen atoms in total. The Bertz CT molecular complexity index is 494. The molecular weight excluding hydrogens is 240 g/mol. The van der Waals surface area contributed by atoms with Crippen LogP contribution in [0, 0.1) is 11.3 Å². The maximum absolute atomic E-state index is 9.17. The minimum atomic E-state index is 0.00115. The highest BCUT2D eigenvalue weighted by Gasteiger charge is 2.23. The SMILES string of the molecule is CCC(C#N)N1CCc2cc(OC)c(OC)cc2C1. The van der Waals surface area contributed by atoms with Gasteiger partial charge in [0.05, 0.1) is 26.3 Å². The Labute approximate surface area is 114 Å². The van der Waals surface area contributed by atoms with Crippen LogP contribution in [-0.4, -0.2) is 31.7 Å². The normalized spacial score (nSPS) is 16.3. The van der Waals surface area contributed by atoms with Crippen molar-refractivity contribution >= 4 is 0 Å². The van der Waals surface area contributed by atoms with Crippen molar-refractivity contribution in [3.05, 3.63) is 23.3 Å². The van der Waals surface area contributed by atoms with Crippen molar-refractivity contribution in [3.8, 4) is 17.6 Å². The minimum Gasteiger partial charge on any atom is -0.493 e. The van der Waals surface area contributed by atoms with Gasteiger partial charge >= 0.3 is 0 Å². The predicted octanol–water partition coefficient (Wildman–Crippen LogP) is 2.36. The second-order valence-electron chi connectivity index (χ2n) is 4.75. The van der Waals surface area contributed by atoms with Crippen LogP contribution in [0.5, 0.6) is 11.5 Å². The Morgan fingerprint density at radius 3 is 2.42 bits per heavy atom. The van der Waals surface area contributed by atoms with E-state index < -0.39 is 0 Å². The lowest BCUT2D eigenvalue weighted by molar-refractivity contribution is 0.210. The van der Waals surface area contributed by atoms with Crippen LogP contribution in [0.1, 0.15) is 24.5 Å². The molecule has 0 fully saturated rings. The first-order valence-electron chi connectivity index (χ1n) is 6.60. The zero-order valence-corrected chi connectivity index (χ0v) is 11.8. The van der Waals surface area contributed by atoms with Gasteiger partial charge in [-0.2, -0.15) is 5.26 Å². The lowest BCUT2D eigenvalue weighted by atomic mass is 9.97. The second-order valence-corrected chi connectivity index (χ2v) is 4.75. The molecule has 0 spiro atoms. The number of nitrogens with zero attached hydrogens (tertiary/aromatic N) is 2. The molecule has 4 heteroatoms. The third-order valence-corrected chi connectivity index (χ3v) is 3.72. The Kier molecular flexibility index (Phi) is 4.28. The summed E-state index contributed by atoms with van der Waals surface area (Å²) in [6, 6.07) is 6.46. The molecule has 1 heterocycles. The highest BCUT2D eigenvalue weighted by atomic mass is 16.5. The molecule has 1 aromatic carbocycles. The van der Waals surface area contributed by atoms with Crippen LogP contribution >= 0.6 is 0 Å². The Morgan fingerprint density at radius 2 is 1.89 bits per heavy atom. The average Bonchev–Trinajstić information content (AvgIpc) is 2.46. The molecule has 1 unspecified atom stereocenters. The number of ether oxygens (including phenoxy) is 2. The monoisotopic (exact) mass is 260 g/mol. The van der Waals surface area contributed by atoms with E-state index >= 15 is 0 Å². The lowest BCUT2D eigenvalue weighted by Crippen LogP contribution is -2.38. The van der Waals surface area contributed by atoms with E-state index in [1.807, 2.05) is 6.07 Å². The molecule has 0 radical (unpaired) electrons. The van der Waals surface area contributed by atoms with Gasteiger partial charge in [0.1, 0.15) is 0 Å². The predicted molar refractivity (Wildman–Crippen MR) is 73.4 cm³/mol.